The van der Waals surface area contributed by atoms with Crippen LogP contribution in [0.25, 0.3) is 0 Å². The van der Waals surface area contributed by atoms with Crippen LogP contribution in [0.4, 0.5) is 5.69 Å². The molecule has 21 heavy (non-hydrogen) atoms. The van der Waals surface area contributed by atoms with E-state index in [1.165, 1.54) is 9.80 Å². The Labute approximate surface area is 125 Å². The molecule has 0 aliphatic rings. The van der Waals surface area contributed by atoms with Gasteiger partial charge in [-0.25, -0.2) is 0 Å². The first-order valence-corrected chi connectivity index (χ1v) is 6.71. The molecule has 0 saturated heterocycles. The van der Waals surface area contributed by atoms with E-state index in [1.54, 1.807) is 39.4 Å². The number of nitrogens with zero attached hydrogens (tertiary/aromatic N) is 2. The molecular weight excluding hydrogens is 270 g/mol. The SMILES string of the molecule is COCCN(CC(=O)N(C)C)C(=O)c1ccc(C)c(N)c1. The molecule has 6 heteroatoms. The standard InChI is InChI=1S/C15H23N3O3/c1-11-5-6-12(9-13(11)16)15(20)18(7-8-21-4)10-14(19)17(2)3/h5-6,9H,7-8,10,16H2,1-4H3. The average Bonchev–Trinajstić information content (AvgIpc) is 2.45. The highest BCUT2D eigenvalue weighted by atomic mass is 16.5. The molecule has 0 heterocycles. The highest BCUT2D eigenvalue weighted by molar-refractivity contribution is 5.97. The predicted octanol–water partition coefficient (Wildman–Crippen LogP) is 0.754. The molecule has 0 unspecified atom stereocenters. The van der Waals surface area contributed by atoms with Gasteiger partial charge in [-0.2, -0.15) is 0 Å². The molecule has 0 spiro atoms. The van der Waals surface area contributed by atoms with Crippen LogP contribution in [0, 0.1) is 6.92 Å². The summed E-state index contributed by atoms with van der Waals surface area (Å²) in [6.07, 6.45) is 0. The van der Waals surface area contributed by atoms with Crippen molar-refractivity contribution < 1.29 is 14.3 Å². The van der Waals surface area contributed by atoms with E-state index in [9.17, 15) is 9.59 Å². The van der Waals surface area contributed by atoms with Crippen molar-refractivity contribution in [2.75, 3.05) is 46.6 Å². The van der Waals surface area contributed by atoms with Gasteiger partial charge in [-0.3, -0.25) is 9.59 Å². The summed E-state index contributed by atoms with van der Waals surface area (Å²) < 4.78 is 5.00. The molecule has 2 amide bonds. The van der Waals surface area contributed by atoms with Crippen LogP contribution in [0.15, 0.2) is 18.2 Å². The van der Waals surface area contributed by atoms with Crippen LogP contribution in [0.3, 0.4) is 0 Å². The maximum Gasteiger partial charge on any atom is 0.254 e. The van der Waals surface area contributed by atoms with E-state index >= 15 is 0 Å². The fourth-order valence-electron chi connectivity index (χ4n) is 1.71. The monoisotopic (exact) mass is 293 g/mol. The third-order valence-electron chi connectivity index (χ3n) is 3.20. The normalized spacial score (nSPS) is 10.3. The van der Waals surface area contributed by atoms with Gasteiger partial charge in [0.15, 0.2) is 0 Å². The van der Waals surface area contributed by atoms with Gasteiger partial charge in [-0.15, -0.1) is 0 Å². The molecule has 1 aromatic rings. The molecule has 0 aliphatic heterocycles. The zero-order valence-corrected chi connectivity index (χ0v) is 13.0. The highest BCUT2D eigenvalue weighted by Gasteiger charge is 2.20. The number of benzene rings is 1. The number of nitrogen functional groups attached to an aromatic ring is 1. The van der Waals surface area contributed by atoms with Crippen molar-refractivity contribution >= 4 is 17.5 Å². The minimum absolute atomic E-state index is 0.0168. The maximum absolute atomic E-state index is 12.5. The molecule has 2 N–H and O–H groups in total. The van der Waals surface area contributed by atoms with Gasteiger partial charge in [0.2, 0.25) is 5.91 Å². The van der Waals surface area contributed by atoms with Crippen LogP contribution in [0.5, 0.6) is 0 Å². The van der Waals surface area contributed by atoms with Gasteiger partial charge in [0, 0.05) is 39.0 Å². The van der Waals surface area contributed by atoms with E-state index in [0.29, 0.717) is 24.4 Å². The molecule has 1 rings (SSSR count). The van der Waals surface area contributed by atoms with Crippen molar-refractivity contribution in [3.05, 3.63) is 29.3 Å². The lowest BCUT2D eigenvalue weighted by molar-refractivity contribution is -0.129. The predicted molar refractivity (Wildman–Crippen MR) is 82.1 cm³/mol. The van der Waals surface area contributed by atoms with E-state index in [1.807, 2.05) is 6.92 Å². The number of ether oxygens (including phenoxy) is 1. The van der Waals surface area contributed by atoms with Crippen LogP contribution in [0.2, 0.25) is 0 Å². The summed E-state index contributed by atoms with van der Waals surface area (Å²) in [6.45, 7) is 2.61. The number of methoxy groups -OCH3 is 1. The Morgan fingerprint density at radius 3 is 2.48 bits per heavy atom. The molecule has 0 radical (unpaired) electrons. The van der Waals surface area contributed by atoms with Crippen molar-refractivity contribution in [3.8, 4) is 0 Å². The molecule has 0 atom stereocenters. The summed E-state index contributed by atoms with van der Waals surface area (Å²) in [7, 11) is 4.87. The molecule has 6 nitrogen and oxygen atoms in total. The van der Waals surface area contributed by atoms with Crippen molar-refractivity contribution in [1.29, 1.82) is 0 Å². The number of hydrogen-bond donors (Lipinski definition) is 1. The van der Waals surface area contributed by atoms with Crippen LogP contribution in [-0.4, -0.2) is 62.5 Å². The quantitative estimate of drug-likeness (QED) is 0.785. The zero-order valence-electron chi connectivity index (χ0n) is 13.0. The number of amides is 2. The van der Waals surface area contributed by atoms with Crippen molar-refractivity contribution in [2.24, 2.45) is 0 Å². The Hall–Kier alpha value is -2.08. The molecule has 0 saturated carbocycles. The van der Waals surface area contributed by atoms with E-state index in [-0.39, 0.29) is 18.4 Å². The largest absolute Gasteiger partial charge is 0.398 e. The summed E-state index contributed by atoms with van der Waals surface area (Å²) in [4.78, 5) is 27.3. The van der Waals surface area contributed by atoms with Crippen LogP contribution < -0.4 is 5.73 Å². The van der Waals surface area contributed by atoms with Crippen molar-refractivity contribution in [2.45, 2.75) is 6.92 Å². The van der Waals surface area contributed by atoms with Gasteiger partial charge < -0.3 is 20.3 Å². The molecule has 0 aromatic heterocycles. The van der Waals surface area contributed by atoms with Gasteiger partial charge in [0.05, 0.1) is 6.61 Å². The minimum Gasteiger partial charge on any atom is -0.398 e. The first-order chi connectivity index (χ1) is 9.86. The lowest BCUT2D eigenvalue weighted by atomic mass is 10.1. The van der Waals surface area contributed by atoms with Crippen LogP contribution >= 0.6 is 0 Å². The van der Waals surface area contributed by atoms with Gasteiger partial charge in [0.1, 0.15) is 6.54 Å². The van der Waals surface area contributed by atoms with E-state index in [0.717, 1.165) is 5.56 Å². The number of aryl methyl sites for hydroxylation is 1. The summed E-state index contributed by atoms with van der Waals surface area (Å²) in [5, 5.41) is 0. The maximum atomic E-state index is 12.5. The molecule has 0 fully saturated rings. The summed E-state index contributed by atoms with van der Waals surface area (Å²) in [5.41, 5.74) is 7.79. The number of anilines is 1. The van der Waals surface area contributed by atoms with Gasteiger partial charge in [-0.1, -0.05) is 6.07 Å². The molecule has 1 aromatic carbocycles. The van der Waals surface area contributed by atoms with Crippen LogP contribution in [-0.2, 0) is 9.53 Å². The van der Waals surface area contributed by atoms with E-state index < -0.39 is 0 Å². The Balaban J connectivity index is 2.92. The Morgan fingerprint density at radius 2 is 1.95 bits per heavy atom. The van der Waals surface area contributed by atoms with E-state index in [4.69, 9.17) is 10.5 Å². The van der Waals surface area contributed by atoms with Crippen LogP contribution in [0.1, 0.15) is 15.9 Å². The third-order valence-corrected chi connectivity index (χ3v) is 3.20. The highest BCUT2D eigenvalue weighted by Crippen LogP contribution is 2.14. The first-order valence-electron chi connectivity index (χ1n) is 6.71. The summed E-state index contributed by atoms with van der Waals surface area (Å²) >= 11 is 0. The number of carbonyl (C=O) groups is 2. The van der Waals surface area contributed by atoms with Gasteiger partial charge >= 0.3 is 0 Å². The van der Waals surface area contributed by atoms with Gasteiger partial charge in [0.25, 0.3) is 5.91 Å². The molecular formula is C15H23N3O3. The zero-order chi connectivity index (χ0) is 16.0. The number of rotatable bonds is 6. The lowest BCUT2D eigenvalue weighted by Gasteiger charge is -2.23. The Morgan fingerprint density at radius 1 is 1.29 bits per heavy atom. The minimum atomic E-state index is -0.228. The molecule has 0 bridgehead atoms. The second-order valence-electron chi connectivity index (χ2n) is 5.08. The first kappa shape index (κ1) is 17.0. The third kappa shape index (κ3) is 4.75. The van der Waals surface area contributed by atoms with Crippen molar-refractivity contribution in [1.82, 2.24) is 9.80 Å². The summed E-state index contributed by atoms with van der Waals surface area (Å²) in [5.74, 6) is -0.367. The fraction of sp³-hybridized carbons (Fsp3) is 0.467. The second-order valence-corrected chi connectivity index (χ2v) is 5.08. The second kappa shape index (κ2) is 7.64. The smallest absolute Gasteiger partial charge is 0.254 e. The fourth-order valence-corrected chi connectivity index (χ4v) is 1.71. The molecule has 0 aliphatic carbocycles. The number of hydrogen-bond acceptors (Lipinski definition) is 4. The molecule has 116 valence electrons. The van der Waals surface area contributed by atoms with E-state index in [2.05, 4.69) is 0 Å². The van der Waals surface area contributed by atoms with Crippen molar-refractivity contribution in [3.63, 3.8) is 0 Å². The number of nitrogens with two attached hydrogens (primary N) is 1. The lowest BCUT2D eigenvalue weighted by Crippen LogP contribution is -2.41. The summed E-state index contributed by atoms with van der Waals surface area (Å²) in [6, 6.07) is 5.15. The number of likely N-dealkylation sites (N-methyl/N-ethyl adjacent to an activating group) is 1. The number of carbonyl (C=O) groups excluding carboxylic acids is 2. The Bertz CT molecular complexity index is 515. The topological polar surface area (TPSA) is 75.9 Å². The van der Waals surface area contributed by atoms with Gasteiger partial charge in [-0.05, 0) is 24.6 Å². The average molecular weight is 293 g/mol. The Kier molecular flexibility index (Phi) is 6.17.